The van der Waals surface area contributed by atoms with Gasteiger partial charge in [0.25, 0.3) is 0 Å². The summed E-state index contributed by atoms with van der Waals surface area (Å²) in [4.78, 5) is 0. The fraction of sp³-hybridized carbons (Fsp3) is 0.143. The maximum absolute atomic E-state index is 6.06. The lowest BCUT2D eigenvalue weighted by Crippen LogP contribution is -2.15. The molecule has 3 rings (SSSR count). The number of nitrogens with one attached hydrogen (secondary N) is 1. The summed E-state index contributed by atoms with van der Waals surface area (Å²) in [5.41, 5.74) is 8.37. The second kappa shape index (κ2) is 5.54. The standard InChI is InChI=1S/C14H12Br2N2O2/c15-8-1-2-9(16)11(5-8)18-12-7-14-13(6-10(12)17)19-3-4-20-14/h1-2,5-7,18H,3-4,17H2. The van der Waals surface area contributed by atoms with Crippen LogP contribution in [0.25, 0.3) is 0 Å². The normalized spacial score (nSPS) is 13.1. The zero-order chi connectivity index (χ0) is 14.1. The van der Waals surface area contributed by atoms with E-state index < -0.39 is 0 Å². The van der Waals surface area contributed by atoms with Crippen LogP contribution in [0.1, 0.15) is 0 Å². The quantitative estimate of drug-likeness (QED) is 0.738. The number of nitrogens with two attached hydrogens (primary N) is 1. The Morgan fingerprint density at radius 2 is 1.65 bits per heavy atom. The number of ether oxygens (including phenoxy) is 2. The summed E-state index contributed by atoms with van der Waals surface area (Å²) in [6.45, 7) is 1.10. The van der Waals surface area contributed by atoms with Gasteiger partial charge in [0.2, 0.25) is 0 Å². The van der Waals surface area contributed by atoms with Gasteiger partial charge in [-0.1, -0.05) is 15.9 Å². The van der Waals surface area contributed by atoms with E-state index in [0.717, 1.165) is 20.3 Å². The highest BCUT2D eigenvalue weighted by Crippen LogP contribution is 2.39. The van der Waals surface area contributed by atoms with E-state index in [2.05, 4.69) is 37.2 Å². The molecule has 0 spiro atoms. The van der Waals surface area contributed by atoms with Crippen molar-refractivity contribution in [1.82, 2.24) is 0 Å². The first kappa shape index (κ1) is 13.6. The molecule has 4 nitrogen and oxygen atoms in total. The van der Waals surface area contributed by atoms with E-state index >= 15 is 0 Å². The molecule has 20 heavy (non-hydrogen) atoms. The molecule has 1 heterocycles. The molecule has 0 bridgehead atoms. The van der Waals surface area contributed by atoms with Crippen LogP contribution in [-0.4, -0.2) is 13.2 Å². The molecule has 0 aliphatic carbocycles. The van der Waals surface area contributed by atoms with Crippen LogP contribution in [0.15, 0.2) is 39.3 Å². The topological polar surface area (TPSA) is 56.5 Å². The molecule has 104 valence electrons. The maximum Gasteiger partial charge on any atom is 0.163 e. The number of anilines is 3. The Bertz CT molecular complexity index is 662. The lowest BCUT2D eigenvalue weighted by Gasteiger charge is -2.21. The largest absolute Gasteiger partial charge is 0.486 e. The maximum atomic E-state index is 6.06. The third-order valence-corrected chi connectivity index (χ3v) is 4.10. The molecule has 3 N–H and O–H groups in total. The monoisotopic (exact) mass is 398 g/mol. The number of benzene rings is 2. The average molecular weight is 400 g/mol. The fourth-order valence-corrected chi connectivity index (χ4v) is 2.66. The fourth-order valence-electron chi connectivity index (χ4n) is 1.95. The van der Waals surface area contributed by atoms with Crippen LogP contribution >= 0.6 is 31.9 Å². The molecule has 2 aromatic rings. The molecule has 0 aromatic heterocycles. The Hall–Kier alpha value is -1.40. The van der Waals surface area contributed by atoms with Gasteiger partial charge in [-0.25, -0.2) is 0 Å². The van der Waals surface area contributed by atoms with Gasteiger partial charge in [-0.3, -0.25) is 0 Å². The predicted molar refractivity (Wildman–Crippen MR) is 87.0 cm³/mol. The van der Waals surface area contributed by atoms with E-state index in [-0.39, 0.29) is 0 Å². The molecule has 0 radical (unpaired) electrons. The molecule has 1 aliphatic rings. The number of rotatable bonds is 2. The molecule has 0 saturated heterocycles. The van der Waals surface area contributed by atoms with Crippen molar-refractivity contribution in [3.05, 3.63) is 39.3 Å². The molecule has 0 fully saturated rings. The van der Waals surface area contributed by atoms with Gasteiger partial charge in [0.1, 0.15) is 13.2 Å². The molecule has 2 aromatic carbocycles. The van der Waals surface area contributed by atoms with Crippen molar-refractivity contribution in [2.75, 3.05) is 24.3 Å². The number of hydrogen-bond acceptors (Lipinski definition) is 4. The number of fused-ring (bicyclic) bond motifs is 1. The SMILES string of the molecule is Nc1cc2c(cc1Nc1cc(Br)ccc1Br)OCCO2. The molecule has 1 aliphatic heterocycles. The van der Waals surface area contributed by atoms with E-state index in [1.54, 1.807) is 6.07 Å². The highest BCUT2D eigenvalue weighted by atomic mass is 79.9. The summed E-state index contributed by atoms with van der Waals surface area (Å²) in [6, 6.07) is 9.53. The Morgan fingerprint density at radius 3 is 2.40 bits per heavy atom. The van der Waals surface area contributed by atoms with E-state index in [4.69, 9.17) is 15.2 Å². The van der Waals surface area contributed by atoms with Crippen LogP contribution in [0.4, 0.5) is 17.1 Å². The molecule has 0 amide bonds. The second-order valence-corrected chi connectivity index (χ2v) is 6.10. The zero-order valence-corrected chi connectivity index (χ0v) is 13.6. The van der Waals surface area contributed by atoms with Gasteiger partial charge in [-0.15, -0.1) is 0 Å². The molecular formula is C14H12Br2N2O2. The van der Waals surface area contributed by atoms with Crippen molar-refractivity contribution in [2.45, 2.75) is 0 Å². The highest BCUT2D eigenvalue weighted by Gasteiger charge is 2.15. The van der Waals surface area contributed by atoms with Crippen LogP contribution < -0.4 is 20.5 Å². The smallest absolute Gasteiger partial charge is 0.163 e. The van der Waals surface area contributed by atoms with Crippen LogP contribution in [0.2, 0.25) is 0 Å². The minimum atomic E-state index is 0.552. The Morgan fingerprint density at radius 1 is 0.950 bits per heavy atom. The Labute approximate surface area is 133 Å². The van der Waals surface area contributed by atoms with Crippen LogP contribution in [-0.2, 0) is 0 Å². The molecule has 0 saturated carbocycles. The third-order valence-electron chi connectivity index (χ3n) is 2.91. The summed E-state index contributed by atoms with van der Waals surface area (Å²) < 4.78 is 13.0. The number of nitrogen functional groups attached to an aromatic ring is 1. The molecule has 6 heteroatoms. The van der Waals surface area contributed by atoms with E-state index in [0.29, 0.717) is 30.4 Å². The van der Waals surface area contributed by atoms with Crippen LogP contribution in [0, 0.1) is 0 Å². The Kier molecular flexibility index (Phi) is 3.76. The van der Waals surface area contributed by atoms with Crippen molar-refractivity contribution in [3.63, 3.8) is 0 Å². The zero-order valence-electron chi connectivity index (χ0n) is 10.5. The van der Waals surface area contributed by atoms with Crippen molar-refractivity contribution >= 4 is 48.9 Å². The summed E-state index contributed by atoms with van der Waals surface area (Å²) in [5, 5.41) is 3.29. The van der Waals surface area contributed by atoms with Crippen molar-refractivity contribution < 1.29 is 9.47 Å². The van der Waals surface area contributed by atoms with Gasteiger partial charge in [-0.2, -0.15) is 0 Å². The summed E-state index contributed by atoms with van der Waals surface area (Å²) in [6.07, 6.45) is 0. The van der Waals surface area contributed by atoms with E-state index in [1.165, 1.54) is 0 Å². The first-order valence-electron chi connectivity index (χ1n) is 6.04. The summed E-state index contributed by atoms with van der Waals surface area (Å²) >= 11 is 6.96. The highest BCUT2D eigenvalue weighted by molar-refractivity contribution is 9.11. The van der Waals surface area contributed by atoms with E-state index in [9.17, 15) is 0 Å². The predicted octanol–water partition coefficient (Wildman–Crippen LogP) is 4.31. The minimum absolute atomic E-state index is 0.552. The molecule has 0 unspecified atom stereocenters. The van der Waals surface area contributed by atoms with Crippen LogP contribution in [0.5, 0.6) is 11.5 Å². The van der Waals surface area contributed by atoms with Gasteiger partial charge in [-0.05, 0) is 34.1 Å². The van der Waals surface area contributed by atoms with Crippen molar-refractivity contribution in [2.24, 2.45) is 0 Å². The van der Waals surface area contributed by atoms with Crippen molar-refractivity contribution in [1.29, 1.82) is 0 Å². The lowest BCUT2D eigenvalue weighted by molar-refractivity contribution is 0.172. The third kappa shape index (κ3) is 2.71. The second-order valence-electron chi connectivity index (χ2n) is 4.33. The minimum Gasteiger partial charge on any atom is -0.486 e. The van der Waals surface area contributed by atoms with Gasteiger partial charge in [0, 0.05) is 21.1 Å². The van der Waals surface area contributed by atoms with Gasteiger partial charge < -0.3 is 20.5 Å². The van der Waals surface area contributed by atoms with E-state index in [1.807, 2.05) is 24.3 Å². The Balaban J connectivity index is 1.96. The average Bonchev–Trinajstić information content (AvgIpc) is 2.43. The first-order valence-corrected chi connectivity index (χ1v) is 7.63. The number of hydrogen-bond donors (Lipinski definition) is 2. The van der Waals surface area contributed by atoms with Gasteiger partial charge >= 0.3 is 0 Å². The molecular weight excluding hydrogens is 388 g/mol. The lowest BCUT2D eigenvalue weighted by atomic mass is 10.2. The van der Waals surface area contributed by atoms with Crippen LogP contribution in [0.3, 0.4) is 0 Å². The summed E-state index contributed by atoms with van der Waals surface area (Å²) in [5.74, 6) is 1.40. The van der Waals surface area contributed by atoms with Crippen molar-refractivity contribution in [3.8, 4) is 11.5 Å². The summed E-state index contributed by atoms with van der Waals surface area (Å²) in [7, 11) is 0. The number of halogens is 2. The van der Waals surface area contributed by atoms with Gasteiger partial charge in [0.05, 0.1) is 17.1 Å². The van der Waals surface area contributed by atoms with Gasteiger partial charge in [0.15, 0.2) is 11.5 Å². The first-order chi connectivity index (χ1) is 9.63. The molecule has 0 atom stereocenters.